The van der Waals surface area contributed by atoms with Crippen molar-refractivity contribution in [1.82, 2.24) is 15.0 Å². The van der Waals surface area contributed by atoms with Gasteiger partial charge in [-0.2, -0.15) is 4.98 Å². The topological polar surface area (TPSA) is 59.2 Å². The zero-order chi connectivity index (χ0) is 16.1. The molecular weight excluding hydrogens is 322 g/mol. The molecule has 3 heterocycles. The largest absolute Gasteiger partial charge is 0.339 e. The van der Waals surface area contributed by atoms with Gasteiger partial charge in [-0.15, -0.1) is 11.8 Å². The minimum absolute atomic E-state index is 0.0217. The maximum absolute atomic E-state index is 13.2. The molecule has 3 aliphatic rings. The number of thioether (sulfide) groups is 1. The molecule has 2 aliphatic heterocycles. The van der Waals surface area contributed by atoms with E-state index in [9.17, 15) is 4.79 Å². The third-order valence-electron chi connectivity index (χ3n) is 5.22. The Morgan fingerprint density at radius 1 is 1.25 bits per heavy atom. The van der Waals surface area contributed by atoms with Crippen LogP contribution in [0.5, 0.6) is 0 Å². The maximum Gasteiger partial charge on any atom is 0.231 e. The van der Waals surface area contributed by atoms with Crippen LogP contribution in [0.4, 0.5) is 0 Å². The van der Waals surface area contributed by atoms with E-state index in [-0.39, 0.29) is 17.9 Å². The molecule has 0 bridgehead atoms. The van der Waals surface area contributed by atoms with Crippen molar-refractivity contribution in [3.8, 4) is 0 Å². The molecule has 124 valence electrons. The summed E-state index contributed by atoms with van der Waals surface area (Å²) in [5.74, 6) is 2.91. The summed E-state index contributed by atoms with van der Waals surface area (Å²) in [4.78, 5) is 21.0. The normalized spacial score (nSPS) is 25.9. The Morgan fingerprint density at radius 2 is 2.12 bits per heavy atom. The summed E-state index contributed by atoms with van der Waals surface area (Å²) in [6, 6.07) is 8.23. The highest BCUT2D eigenvalue weighted by atomic mass is 32.2. The van der Waals surface area contributed by atoms with Gasteiger partial charge >= 0.3 is 0 Å². The Hall–Kier alpha value is -1.82. The molecule has 0 radical (unpaired) electrons. The molecule has 1 amide bonds. The van der Waals surface area contributed by atoms with Gasteiger partial charge in [0.15, 0.2) is 5.82 Å². The molecule has 0 unspecified atom stereocenters. The van der Waals surface area contributed by atoms with E-state index in [2.05, 4.69) is 22.3 Å². The molecule has 1 aromatic carbocycles. The van der Waals surface area contributed by atoms with Crippen LogP contribution < -0.4 is 0 Å². The van der Waals surface area contributed by atoms with Crippen LogP contribution in [0.3, 0.4) is 0 Å². The third-order valence-corrected chi connectivity index (χ3v) is 6.40. The Labute approximate surface area is 144 Å². The van der Waals surface area contributed by atoms with E-state index in [1.54, 1.807) is 11.8 Å². The summed E-state index contributed by atoms with van der Waals surface area (Å²) in [5, 5.41) is 4.18. The van der Waals surface area contributed by atoms with Crippen molar-refractivity contribution in [1.29, 1.82) is 0 Å². The van der Waals surface area contributed by atoms with Gasteiger partial charge in [0.1, 0.15) is 0 Å². The summed E-state index contributed by atoms with van der Waals surface area (Å²) < 4.78 is 5.41. The summed E-state index contributed by atoms with van der Waals surface area (Å²) in [5.41, 5.74) is 1.17. The zero-order valence-electron chi connectivity index (χ0n) is 13.4. The van der Waals surface area contributed by atoms with Crippen molar-refractivity contribution in [2.45, 2.75) is 48.5 Å². The van der Waals surface area contributed by atoms with Gasteiger partial charge in [0, 0.05) is 23.1 Å². The molecule has 2 atom stereocenters. The minimum Gasteiger partial charge on any atom is -0.339 e. The van der Waals surface area contributed by atoms with Gasteiger partial charge < -0.3 is 9.42 Å². The number of benzene rings is 1. The number of hydrogen-bond donors (Lipinski definition) is 0. The van der Waals surface area contributed by atoms with Crippen LogP contribution in [0, 0.1) is 0 Å². The number of carbonyl (C=O) groups excluding carboxylic acids is 1. The fourth-order valence-electron chi connectivity index (χ4n) is 3.74. The lowest BCUT2D eigenvalue weighted by Crippen LogP contribution is -2.35. The van der Waals surface area contributed by atoms with E-state index >= 15 is 0 Å². The Kier molecular flexibility index (Phi) is 3.40. The Balaban J connectivity index is 1.40. The highest BCUT2D eigenvalue weighted by Gasteiger charge is 2.40. The summed E-state index contributed by atoms with van der Waals surface area (Å²) in [6.45, 7) is 0.792. The van der Waals surface area contributed by atoms with Crippen LogP contribution in [0.25, 0.3) is 0 Å². The third kappa shape index (κ3) is 2.35. The average molecular weight is 341 g/mol. The van der Waals surface area contributed by atoms with Gasteiger partial charge in [-0.25, -0.2) is 0 Å². The molecule has 6 heteroatoms. The predicted molar refractivity (Wildman–Crippen MR) is 89.9 cm³/mol. The quantitative estimate of drug-likeness (QED) is 0.855. The minimum atomic E-state index is -0.0402. The van der Waals surface area contributed by atoms with Crippen molar-refractivity contribution in [2.24, 2.45) is 0 Å². The van der Waals surface area contributed by atoms with Crippen molar-refractivity contribution >= 4 is 17.7 Å². The molecule has 5 rings (SSSR count). The number of likely N-dealkylation sites (tertiary alicyclic amines) is 1. The van der Waals surface area contributed by atoms with Crippen LogP contribution in [-0.2, 0) is 4.79 Å². The van der Waals surface area contributed by atoms with Gasteiger partial charge in [0.2, 0.25) is 11.8 Å². The molecule has 1 aliphatic carbocycles. The van der Waals surface area contributed by atoms with E-state index in [0.29, 0.717) is 11.7 Å². The van der Waals surface area contributed by atoms with Gasteiger partial charge in [0.25, 0.3) is 0 Å². The first-order valence-corrected chi connectivity index (χ1v) is 9.65. The van der Waals surface area contributed by atoms with Crippen LogP contribution >= 0.6 is 11.8 Å². The highest BCUT2D eigenvalue weighted by Crippen LogP contribution is 2.43. The molecule has 5 nitrogen and oxygen atoms in total. The zero-order valence-corrected chi connectivity index (χ0v) is 14.2. The molecule has 24 heavy (non-hydrogen) atoms. The fourth-order valence-corrected chi connectivity index (χ4v) is 4.96. The molecule has 2 fully saturated rings. The first-order chi connectivity index (χ1) is 11.8. The van der Waals surface area contributed by atoms with E-state index in [4.69, 9.17) is 4.52 Å². The standard InChI is InChI=1S/C18H19N3O2S/c22-18(13-10-24-15-6-2-1-4-12(13)15)21-9-3-5-14(21)16-19-17(23-20-16)11-7-8-11/h1-2,4,6,11,13-14H,3,5,7-10H2/t13-,14-/m1/s1. The lowest BCUT2D eigenvalue weighted by molar-refractivity contribution is -0.133. The van der Waals surface area contributed by atoms with Gasteiger partial charge in [-0.05, 0) is 37.3 Å². The molecule has 0 N–H and O–H groups in total. The van der Waals surface area contributed by atoms with Crippen LogP contribution in [0.2, 0.25) is 0 Å². The molecule has 1 saturated heterocycles. The summed E-state index contributed by atoms with van der Waals surface area (Å²) >= 11 is 1.78. The smallest absolute Gasteiger partial charge is 0.231 e. The van der Waals surface area contributed by atoms with Crippen LogP contribution in [-0.4, -0.2) is 33.2 Å². The van der Waals surface area contributed by atoms with Gasteiger partial charge in [0.05, 0.1) is 12.0 Å². The second kappa shape index (κ2) is 5.62. The first-order valence-electron chi connectivity index (χ1n) is 8.67. The fraction of sp³-hybridized carbons (Fsp3) is 0.500. The van der Waals surface area contributed by atoms with Crippen molar-refractivity contribution in [3.63, 3.8) is 0 Å². The highest BCUT2D eigenvalue weighted by molar-refractivity contribution is 7.99. The molecular formula is C18H19N3O2S. The maximum atomic E-state index is 13.2. The van der Waals surface area contributed by atoms with E-state index < -0.39 is 0 Å². The van der Waals surface area contributed by atoms with Gasteiger partial charge in [-0.3, -0.25) is 4.79 Å². The van der Waals surface area contributed by atoms with Crippen molar-refractivity contribution in [2.75, 3.05) is 12.3 Å². The second-order valence-electron chi connectivity index (χ2n) is 6.86. The van der Waals surface area contributed by atoms with Gasteiger partial charge in [-0.1, -0.05) is 23.4 Å². The lowest BCUT2D eigenvalue weighted by Gasteiger charge is -2.25. The van der Waals surface area contributed by atoms with Crippen molar-refractivity contribution in [3.05, 3.63) is 41.5 Å². The number of fused-ring (bicyclic) bond motifs is 1. The van der Waals surface area contributed by atoms with Crippen molar-refractivity contribution < 1.29 is 9.32 Å². The first kappa shape index (κ1) is 14.5. The van der Waals surface area contributed by atoms with E-state index in [0.717, 1.165) is 43.9 Å². The number of aromatic nitrogens is 2. The number of rotatable bonds is 3. The Morgan fingerprint density at radius 3 is 3.00 bits per heavy atom. The Bertz CT molecular complexity index is 786. The predicted octanol–water partition coefficient (Wildman–Crippen LogP) is 3.50. The summed E-state index contributed by atoms with van der Waals surface area (Å²) in [6.07, 6.45) is 4.22. The SMILES string of the molecule is O=C([C@@H]1CSc2ccccc21)N1CCC[C@@H]1c1noc(C2CC2)n1. The van der Waals surface area contributed by atoms with E-state index in [1.165, 1.54) is 10.5 Å². The average Bonchev–Trinajstić information content (AvgIpc) is 3.06. The molecule has 1 saturated carbocycles. The molecule has 2 aromatic rings. The second-order valence-corrected chi connectivity index (χ2v) is 7.92. The number of amides is 1. The molecule has 0 spiro atoms. The number of hydrogen-bond acceptors (Lipinski definition) is 5. The number of nitrogens with zero attached hydrogens (tertiary/aromatic N) is 3. The van der Waals surface area contributed by atoms with Crippen LogP contribution in [0.15, 0.2) is 33.7 Å². The van der Waals surface area contributed by atoms with E-state index in [1.807, 2.05) is 17.0 Å². The lowest BCUT2D eigenvalue weighted by atomic mass is 9.99. The number of carbonyl (C=O) groups is 1. The monoisotopic (exact) mass is 341 g/mol. The van der Waals surface area contributed by atoms with Crippen LogP contribution in [0.1, 0.15) is 60.8 Å². The molecule has 1 aromatic heterocycles. The summed E-state index contributed by atoms with van der Waals surface area (Å²) in [7, 11) is 0.